The summed E-state index contributed by atoms with van der Waals surface area (Å²) >= 11 is 0. The Morgan fingerprint density at radius 3 is 2.00 bits per heavy atom. The minimum atomic E-state index is -1.48. The van der Waals surface area contributed by atoms with Crippen LogP contribution in [0, 0.1) is 0 Å². The van der Waals surface area contributed by atoms with Gasteiger partial charge in [-0.1, -0.05) is 0 Å². The molecule has 1 saturated heterocycles. The molecule has 1 aliphatic rings. The Morgan fingerprint density at radius 1 is 1.00 bits per heavy atom. The maximum atomic E-state index is 12.2. The van der Waals surface area contributed by atoms with E-state index in [-0.39, 0.29) is 0 Å². The summed E-state index contributed by atoms with van der Waals surface area (Å²) in [5, 5.41) is 36.2. The lowest BCUT2D eigenvalue weighted by atomic mass is 9.96. The van der Waals surface area contributed by atoms with Crippen molar-refractivity contribution in [2.24, 2.45) is 0 Å². The van der Waals surface area contributed by atoms with E-state index in [1.807, 2.05) is 0 Å². The molecular weight excluding hydrogens is 183 g/mol. The fourth-order valence-electron chi connectivity index (χ4n) is 1.31. The Labute approximate surface area is 74.4 Å². The molecule has 0 unspecified atom stereocenters. The second-order valence-corrected chi connectivity index (χ2v) is 3.02. The summed E-state index contributed by atoms with van der Waals surface area (Å²) < 4.78 is 17.0. The van der Waals surface area contributed by atoms with E-state index < -0.39 is 43.8 Å². The number of ether oxygens (including phenoxy) is 1. The van der Waals surface area contributed by atoms with E-state index >= 15 is 0 Å². The Kier molecular flexibility index (Phi) is 3.57. The van der Waals surface area contributed by atoms with Gasteiger partial charge in [-0.2, -0.15) is 0 Å². The minimum Gasteiger partial charge on any atom is -0.394 e. The predicted octanol–water partition coefficient (Wildman–Crippen LogP) is -2.20. The molecule has 1 fully saturated rings. The van der Waals surface area contributed by atoms with Gasteiger partial charge in [-0.05, 0) is 0 Å². The number of alkyl halides is 1. The van der Waals surface area contributed by atoms with E-state index in [0.717, 1.165) is 0 Å². The number of rotatable bonds is 2. The third-order valence-corrected chi connectivity index (χ3v) is 2.14. The van der Waals surface area contributed by atoms with Crippen LogP contribution in [0.1, 0.15) is 0 Å². The Morgan fingerprint density at radius 2 is 1.54 bits per heavy atom. The van der Waals surface area contributed by atoms with Gasteiger partial charge in [0.25, 0.3) is 0 Å². The largest absolute Gasteiger partial charge is 0.394 e. The lowest BCUT2D eigenvalue weighted by Gasteiger charge is -2.38. The second kappa shape index (κ2) is 4.30. The van der Waals surface area contributed by atoms with Crippen LogP contribution in [0.3, 0.4) is 0 Å². The summed E-state index contributed by atoms with van der Waals surface area (Å²) in [6, 6.07) is 0. The third kappa shape index (κ3) is 1.97. The normalized spacial score (nSPS) is 46.4. The first-order chi connectivity index (χ1) is 6.11. The molecule has 1 aliphatic heterocycles. The van der Waals surface area contributed by atoms with Crippen molar-refractivity contribution in [3.8, 4) is 0 Å². The average molecular weight is 196 g/mol. The van der Waals surface area contributed by atoms with Crippen LogP contribution in [0.5, 0.6) is 0 Å². The summed E-state index contributed by atoms with van der Waals surface area (Å²) in [4.78, 5) is 0. The SMILES string of the molecule is OC[C@H]1O[C@@H](CF)[C@H](O)[C@@H](O)[C@H]1O. The Hall–Kier alpha value is -0.270. The molecule has 5 nitrogen and oxygen atoms in total. The maximum Gasteiger partial charge on any atom is 0.118 e. The molecule has 5 atom stereocenters. The highest BCUT2D eigenvalue weighted by Crippen LogP contribution is 2.21. The van der Waals surface area contributed by atoms with Gasteiger partial charge in [0.2, 0.25) is 0 Å². The van der Waals surface area contributed by atoms with Crippen molar-refractivity contribution < 1.29 is 29.6 Å². The average Bonchev–Trinajstić information content (AvgIpc) is 2.15. The van der Waals surface area contributed by atoms with E-state index in [9.17, 15) is 14.6 Å². The van der Waals surface area contributed by atoms with E-state index in [4.69, 9.17) is 14.9 Å². The fraction of sp³-hybridized carbons (Fsp3) is 1.00. The van der Waals surface area contributed by atoms with Gasteiger partial charge in [-0.3, -0.25) is 0 Å². The fourth-order valence-corrected chi connectivity index (χ4v) is 1.31. The van der Waals surface area contributed by atoms with Crippen molar-refractivity contribution >= 4 is 0 Å². The molecule has 4 N–H and O–H groups in total. The van der Waals surface area contributed by atoms with Crippen molar-refractivity contribution in [2.75, 3.05) is 13.3 Å². The third-order valence-electron chi connectivity index (χ3n) is 2.14. The van der Waals surface area contributed by atoms with Crippen molar-refractivity contribution in [3.63, 3.8) is 0 Å². The van der Waals surface area contributed by atoms with Gasteiger partial charge in [0.1, 0.15) is 37.2 Å². The highest BCUT2D eigenvalue weighted by atomic mass is 19.1. The zero-order valence-electron chi connectivity index (χ0n) is 6.88. The minimum absolute atomic E-state index is 0.526. The molecule has 0 bridgehead atoms. The molecule has 0 radical (unpaired) electrons. The lowest BCUT2D eigenvalue weighted by Crippen LogP contribution is -2.59. The van der Waals surface area contributed by atoms with Crippen LogP contribution >= 0.6 is 0 Å². The maximum absolute atomic E-state index is 12.2. The number of hydrogen-bond acceptors (Lipinski definition) is 5. The quantitative estimate of drug-likeness (QED) is 0.402. The zero-order valence-corrected chi connectivity index (χ0v) is 6.88. The summed E-state index contributed by atoms with van der Waals surface area (Å²) in [6.45, 7) is -1.50. The first-order valence-electron chi connectivity index (χ1n) is 3.98. The molecule has 13 heavy (non-hydrogen) atoms. The lowest BCUT2D eigenvalue weighted by molar-refractivity contribution is -0.231. The first-order valence-corrected chi connectivity index (χ1v) is 3.98. The van der Waals surface area contributed by atoms with Gasteiger partial charge in [0.15, 0.2) is 0 Å². The van der Waals surface area contributed by atoms with Crippen molar-refractivity contribution in [2.45, 2.75) is 30.5 Å². The highest BCUT2D eigenvalue weighted by Gasteiger charge is 2.43. The molecule has 0 aromatic carbocycles. The standard InChI is InChI=1S/C7H13FO5/c8-1-3-5(10)7(12)6(11)4(2-9)13-3/h3-7,9-12H,1-2H2/t3-,4+,5-,6-,7+/m0/s1. The van der Waals surface area contributed by atoms with Gasteiger partial charge in [-0.25, -0.2) is 4.39 Å². The summed E-state index contributed by atoms with van der Waals surface area (Å²) in [5.74, 6) is 0. The molecule has 0 saturated carbocycles. The molecule has 78 valence electrons. The first kappa shape index (κ1) is 10.8. The number of aliphatic hydroxyl groups is 4. The van der Waals surface area contributed by atoms with Crippen molar-refractivity contribution in [3.05, 3.63) is 0 Å². The molecule has 0 aliphatic carbocycles. The topological polar surface area (TPSA) is 90.2 Å². The van der Waals surface area contributed by atoms with Crippen molar-refractivity contribution in [1.29, 1.82) is 0 Å². The number of hydrogen-bond donors (Lipinski definition) is 4. The smallest absolute Gasteiger partial charge is 0.118 e. The summed E-state index contributed by atoms with van der Waals surface area (Å²) in [6.07, 6.45) is -6.55. The molecule has 1 rings (SSSR count). The van der Waals surface area contributed by atoms with Crippen LogP contribution in [0.25, 0.3) is 0 Å². The van der Waals surface area contributed by atoms with Gasteiger partial charge >= 0.3 is 0 Å². The van der Waals surface area contributed by atoms with Crippen LogP contribution in [0.2, 0.25) is 0 Å². The molecule has 1 heterocycles. The van der Waals surface area contributed by atoms with E-state index in [2.05, 4.69) is 0 Å². The van der Waals surface area contributed by atoms with Gasteiger partial charge in [0, 0.05) is 0 Å². The predicted molar refractivity (Wildman–Crippen MR) is 39.7 cm³/mol. The zero-order chi connectivity index (χ0) is 10.0. The van der Waals surface area contributed by atoms with Crippen LogP contribution in [0.15, 0.2) is 0 Å². The molecule has 0 aromatic heterocycles. The molecular formula is C7H13FO5. The second-order valence-electron chi connectivity index (χ2n) is 3.02. The van der Waals surface area contributed by atoms with Crippen molar-refractivity contribution in [1.82, 2.24) is 0 Å². The van der Waals surface area contributed by atoms with E-state index in [1.165, 1.54) is 0 Å². The summed E-state index contributed by atoms with van der Waals surface area (Å²) in [7, 11) is 0. The number of aliphatic hydroxyl groups excluding tert-OH is 4. The monoisotopic (exact) mass is 196 g/mol. The number of halogens is 1. The molecule has 6 heteroatoms. The molecule has 0 aromatic rings. The van der Waals surface area contributed by atoms with Crippen LogP contribution < -0.4 is 0 Å². The van der Waals surface area contributed by atoms with Crippen LogP contribution in [-0.2, 0) is 4.74 Å². The molecule has 0 amide bonds. The van der Waals surface area contributed by atoms with E-state index in [0.29, 0.717) is 0 Å². The van der Waals surface area contributed by atoms with Gasteiger partial charge in [-0.15, -0.1) is 0 Å². The van der Waals surface area contributed by atoms with Crippen LogP contribution in [0.4, 0.5) is 4.39 Å². The van der Waals surface area contributed by atoms with Crippen LogP contribution in [-0.4, -0.2) is 64.2 Å². The highest BCUT2D eigenvalue weighted by molar-refractivity contribution is 4.91. The Balaban J connectivity index is 2.66. The summed E-state index contributed by atoms with van der Waals surface area (Å²) in [5.41, 5.74) is 0. The Bertz CT molecular complexity index is 147. The van der Waals surface area contributed by atoms with Gasteiger partial charge in [0.05, 0.1) is 6.61 Å². The van der Waals surface area contributed by atoms with Gasteiger partial charge < -0.3 is 25.2 Å². The molecule has 0 spiro atoms. The van der Waals surface area contributed by atoms with E-state index in [1.54, 1.807) is 0 Å².